The molecule has 3 aliphatic rings. The first-order valence-electron chi connectivity index (χ1n) is 9.59. The SMILES string of the molecule is CCOC(=O)C12CN(C3CCCCC3)C(=O)C1(N)N(C)c1ccccc12. The number of nitrogens with two attached hydrogens (primary N) is 1. The Kier molecular flexibility index (Phi) is 3.99. The van der Waals surface area contributed by atoms with E-state index in [1.807, 2.05) is 36.2 Å². The lowest BCUT2D eigenvalue weighted by molar-refractivity contribution is -0.152. The van der Waals surface area contributed by atoms with Crippen LogP contribution < -0.4 is 10.6 Å². The molecule has 1 saturated heterocycles. The minimum atomic E-state index is -1.43. The summed E-state index contributed by atoms with van der Waals surface area (Å²) in [6.45, 7) is 2.35. The van der Waals surface area contributed by atoms with Gasteiger partial charge < -0.3 is 14.5 Å². The molecule has 1 amide bonds. The summed E-state index contributed by atoms with van der Waals surface area (Å²) in [7, 11) is 1.81. The van der Waals surface area contributed by atoms with E-state index in [9.17, 15) is 9.59 Å². The van der Waals surface area contributed by atoms with Crippen LogP contribution in [0.1, 0.15) is 44.6 Å². The first-order valence-corrected chi connectivity index (χ1v) is 9.59. The number of hydrogen-bond acceptors (Lipinski definition) is 5. The maximum Gasteiger partial charge on any atom is 0.322 e. The molecule has 0 bridgehead atoms. The molecule has 2 fully saturated rings. The molecule has 1 aliphatic carbocycles. The van der Waals surface area contributed by atoms with E-state index < -0.39 is 17.0 Å². The van der Waals surface area contributed by atoms with E-state index in [1.165, 1.54) is 6.42 Å². The van der Waals surface area contributed by atoms with E-state index in [1.54, 1.807) is 11.8 Å². The number of ether oxygens (including phenoxy) is 1. The third kappa shape index (κ3) is 1.96. The lowest BCUT2D eigenvalue weighted by Crippen LogP contribution is -2.68. The summed E-state index contributed by atoms with van der Waals surface area (Å²) in [4.78, 5) is 30.4. The van der Waals surface area contributed by atoms with Gasteiger partial charge in [-0.1, -0.05) is 37.5 Å². The van der Waals surface area contributed by atoms with Gasteiger partial charge in [-0.05, 0) is 31.4 Å². The standard InChI is InChI=1S/C20H27N3O3/c1-3-26-18(25)19-13-23(14-9-5-4-6-10-14)17(24)20(19,21)22(2)16-12-8-7-11-15(16)19/h7-8,11-12,14H,3-6,9-10,13,21H2,1-2H3. The fourth-order valence-electron chi connectivity index (χ4n) is 5.16. The van der Waals surface area contributed by atoms with Crippen LogP contribution in [0.25, 0.3) is 0 Å². The molecule has 6 nitrogen and oxygen atoms in total. The van der Waals surface area contributed by atoms with Crippen LogP contribution in [0.3, 0.4) is 0 Å². The zero-order valence-corrected chi connectivity index (χ0v) is 15.5. The summed E-state index contributed by atoms with van der Waals surface area (Å²) < 4.78 is 5.46. The lowest BCUT2D eigenvalue weighted by atomic mass is 9.74. The molecule has 1 aromatic carbocycles. The Morgan fingerprint density at radius 2 is 1.96 bits per heavy atom. The third-order valence-corrected chi connectivity index (χ3v) is 6.54. The van der Waals surface area contributed by atoms with E-state index in [4.69, 9.17) is 10.5 Å². The molecule has 2 N–H and O–H groups in total. The number of benzene rings is 1. The average Bonchev–Trinajstić information content (AvgIpc) is 3.02. The van der Waals surface area contributed by atoms with E-state index in [2.05, 4.69) is 0 Å². The first kappa shape index (κ1) is 17.3. The number of nitrogens with zero attached hydrogens (tertiary/aromatic N) is 2. The van der Waals surface area contributed by atoms with Crippen molar-refractivity contribution in [2.45, 2.75) is 56.1 Å². The summed E-state index contributed by atoms with van der Waals surface area (Å²) in [5.74, 6) is -0.554. The van der Waals surface area contributed by atoms with Gasteiger partial charge in [0.15, 0.2) is 11.1 Å². The number of carbonyl (C=O) groups excluding carboxylic acids is 2. The second-order valence-corrected chi connectivity index (χ2v) is 7.69. The van der Waals surface area contributed by atoms with Gasteiger partial charge in [0, 0.05) is 25.3 Å². The smallest absolute Gasteiger partial charge is 0.322 e. The largest absolute Gasteiger partial charge is 0.465 e. The first-order chi connectivity index (χ1) is 12.5. The molecule has 4 rings (SSSR count). The highest BCUT2D eigenvalue weighted by Gasteiger charge is 2.74. The summed E-state index contributed by atoms with van der Waals surface area (Å²) >= 11 is 0. The minimum absolute atomic E-state index is 0.156. The summed E-state index contributed by atoms with van der Waals surface area (Å²) in [6.07, 6.45) is 5.39. The van der Waals surface area contributed by atoms with Crippen molar-refractivity contribution in [2.75, 3.05) is 25.1 Å². The Balaban J connectivity index is 1.86. The van der Waals surface area contributed by atoms with Crippen LogP contribution >= 0.6 is 0 Å². The predicted molar refractivity (Wildman–Crippen MR) is 98.7 cm³/mol. The molecule has 26 heavy (non-hydrogen) atoms. The van der Waals surface area contributed by atoms with Crippen LogP contribution in [0, 0.1) is 0 Å². The number of carbonyl (C=O) groups is 2. The molecule has 1 saturated carbocycles. The lowest BCUT2D eigenvalue weighted by Gasteiger charge is -2.37. The second-order valence-electron chi connectivity index (χ2n) is 7.69. The Labute approximate surface area is 154 Å². The maximum absolute atomic E-state index is 13.6. The highest BCUT2D eigenvalue weighted by atomic mass is 16.5. The van der Waals surface area contributed by atoms with Gasteiger partial charge in [-0.2, -0.15) is 0 Å². The van der Waals surface area contributed by atoms with E-state index in [0.717, 1.165) is 36.9 Å². The van der Waals surface area contributed by atoms with Gasteiger partial charge in [-0.3, -0.25) is 15.3 Å². The predicted octanol–water partition coefficient (Wildman–Crippen LogP) is 1.77. The fourth-order valence-corrected chi connectivity index (χ4v) is 5.16. The van der Waals surface area contributed by atoms with Crippen molar-refractivity contribution >= 4 is 17.6 Å². The molecule has 0 radical (unpaired) electrons. The number of para-hydroxylation sites is 1. The second kappa shape index (κ2) is 5.98. The quantitative estimate of drug-likeness (QED) is 0.835. The molecule has 2 heterocycles. The zero-order valence-electron chi connectivity index (χ0n) is 15.5. The molecule has 2 aliphatic heterocycles. The number of likely N-dealkylation sites (N-methyl/N-ethyl adjacent to an activating group) is 1. The van der Waals surface area contributed by atoms with Crippen LogP contribution in [0.5, 0.6) is 0 Å². The number of likely N-dealkylation sites (tertiary alicyclic amines) is 1. The van der Waals surface area contributed by atoms with Gasteiger partial charge in [-0.15, -0.1) is 0 Å². The molecule has 0 aromatic heterocycles. The van der Waals surface area contributed by atoms with Gasteiger partial charge in [0.2, 0.25) is 0 Å². The van der Waals surface area contributed by atoms with Gasteiger partial charge in [0.25, 0.3) is 5.91 Å². The molecule has 0 spiro atoms. The molecular weight excluding hydrogens is 330 g/mol. The number of anilines is 1. The molecule has 2 atom stereocenters. The zero-order chi connectivity index (χ0) is 18.5. The Bertz CT molecular complexity index is 746. The topological polar surface area (TPSA) is 75.9 Å². The Morgan fingerprint density at radius 1 is 1.27 bits per heavy atom. The van der Waals surface area contributed by atoms with Gasteiger partial charge in [-0.25, -0.2) is 0 Å². The number of rotatable bonds is 3. The van der Waals surface area contributed by atoms with Crippen molar-refractivity contribution < 1.29 is 14.3 Å². The number of hydrogen-bond donors (Lipinski definition) is 1. The molecule has 1 aromatic rings. The van der Waals surface area contributed by atoms with E-state index in [0.29, 0.717) is 6.54 Å². The summed E-state index contributed by atoms with van der Waals surface area (Å²) in [6, 6.07) is 7.79. The molecule has 2 unspecified atom stereocenters. The minimum Gasteiger partial charge on any atom is -0.465 e. The maximum atomic E-state index is 13.6. The van der Waals surface area contributed by atoms with Crippen molar-refractivity contribution in [1.82, 2.24) is 4.90 Å². The summed E-state index contributed by atoms with van der Waals surface area (Å²) in [5.41, 5.74) is 5.83. The van der Waals surface area contributed by atoms with E-state index in [-0.39, 0.29) is 18.6 Å². The highest BCUT2D eigenvalue weighted by Crippen LogP contribution is 2.54. The fraction of sp³-hybridized carbons (Fsp3) is 0.600. The van der Waals surface area contributed by atoms with Crippen LogP contribution in [0.15, 0.2) is 24.3 Å². The van der Waals surface area contributed by atoms with E-state index >= 15 is 0 Å². The molecular formula is C20H27N3O3. The van der Waals surface area contributed by atoms with Crippen LogP contribution in [0.2, 0.25) is 0 Å². The summed E-state index contributed by atoms with van der Waals surface area (Å²) in [5, 5.41) is 0. The van der Waals surface area contributed by atoms with Crippen molar-refractivity contribution in [3.63, 3.8) is 0 Å². The third-order valence-electron chi connectivity index (χ3n) is 6.54. The highest BCUT2D eigenvalue weighted by molar-refractivity contribution is 6.07. The van der Waals surface area contributed by atoms with Gasteiger partial charge in [0.05, 0.1) is 6.61 Å². The molecule has 140 valence electrons. The average molecular weight is 357 g/mol. The number of fused-ring (bicyclic) bond motifs is 3. The number of esters is 1. The van der Waals surface area contributed by atoms with Crippen molar-refractivity contribution in [3.05, 3.63) is 29.8 Å². The normalized spacial score (nSPS) is 31.1. The Hall–Kier alpha value is -2.08. The number of amides is 1. The van der Waals surface area contributed by atoms with Crippen LogP contribution in [-0.2, 0) is 19.7 Å². The van der Waals surface area contributed by atoms with Gasteiger partial charge in [0.1, 0.15) is 0 Å². The van der Waals surface area contributed by atoms with Crippen molar-refractivity contribution in [2.24, 2.45) is 5.73 Å². The van der Waals surface area contributed by atoms with Crippen LogP contribution in [-0.4, -0.2) is 48.7 Å². The molecule has 6 heteroatoms. The monoisotopic (exact) mass is 357 g/mol. The van der Waals surface area contributed by atoms with Gasteiger partial charge >= 0.3 is 5.97 Å². The van der Waals surface area contributed by atoms with Crippen molar-refractivity contribution in [3.8, 4) is 0 Å². The van der Waals surface area contributed by atoms with Crippen LogP contribution in [0.4, 0.5) is 5.69 Å². The van der Waals surface area contributed by atoms with Crippen molar-refractivity contribution in [1.29, 1.82) is 0 Å². The Morgan fingerprint density at radius 3 is 2.65 bits per heavy atom.